The van der Waals surface area contributed by atoms with E-state index in [2.05, 4.69) is 42.9 Å². The molecule has 0 unspecified atom stereocenters. The molecule has 0 atom stereocenters. The summed E-state index contributed by atoms with van der Waals surface area (Å²) in [6.45, 7) is 0. The molecule has 0 saturated carbocycles. The Morgan fingerprint density at radius 2 is 1.81 bits per heavy atom. The lowest BCUT2D eigenvalue weighted by Crippen LogP contribution is -2.01. The van der Waals surface area contributed by atoms with Gasteiger partial charge in [-0.1, -0.05) is 12.1 Å². The van der Waals surface area contributed by atoms with Crippen LogP contribution in [0.4, 0.5) is 0 Å². The molecule has 1 aromatic heterocycles. The molecule has 0 fully saturated rings. The summed E-state index contributed by atoms with van der Waals surface area (Å²) in [5.74, 6) is 0.954. The van der Waals surface area contributed by atoms with Crippen LogP contribution in [0.1, 0.15) is 11.4 Å². The van der Waals surface area contributed by atoms with Gasteiger partial charge in [-0.2, -0.15) is 5.26 Å². The lowest BCUT2D eigenvalue weighted by atomic mass is 10.2. The number of imidazole rings is 1. The Labute approximate surface area is 143 Å². The number of nitrogens with zero attached hydrogens (tertiary/aromatic N) is 3. The fraction of sp³-hybridized carbons (Fsp3) is 0.0667. The first kappa shape index (κ1) is 14.6. The van der Waals surface area contributed by atoms with E-state index in [1.165, 1.54) is 0 Å². The van der Waals surface area contributed by atoms with Gasteiger partial charge >= 0.3 is 0 Å². The Morgan fingerprint density at radius 1 is 1.14 bits per heavy atom. The molecule has 3 rings (SSSR count). The summed E-state index contributed by atoms with van der Waals surface area (Å²) in [6, 6.07) is 13.6. The number of hydrogen-bond acceptors (Lipinski definition) is 2. The normalized spacial score (nSPS) is 10.8. The van der Waals surface area contributed by atoms with Crippen molar-refractivity contribution in [2.24, 2.45) is 0 Å². The monoisotopic (exact) mass is 423 g/mol. The quantitative estimate of drug-likeness (QED) is 0.532. The molecule has 3 nitrogen and oxygen atoms in total. The molecular weight excluding hydrogens is 417 g/mol. The summed E-state index contributed by atoms with van der Waals surface area (Å²) in [6.07, 6.45) is 0. The van der Waals surface area contributed by atoms with E-state index < -0.39 is 0 Å². The zero-order valence-corrected chi connectivity index (χ0v) is 14.6. The van der Waals surface area contributed by atoms with Crippen molar-refractivity contribution in [3.63, 3.8) is 0 Å². The van der Waals surface area contributed by atoms with Gasteiger partial charge in [0.05, 0.1) is 22.6 Å². The van der Waals surface area contributed by atoms with E-state index >= 15 is 0 Å². The molecule has 0 N–H and O–H groups in total. The van der Waals surface area contributed by atoms with Gasteiger partial charge in [0.25, 0.3) is 0 Å². The van der Waals surface area contributed by atoms with Crippen molar-refractivity contribution in [3.8, 4) is 11.8 Å². The molecule has 0 bridgehead atoms. The zero-order chi connectivity index (χ0) is 15.0. The van der Waals surface area contributed by atoms with Gasteiger partial charge in [0, 0.05) is 8.95 Å². The minimum atomic E-state index is 0.257. The first-order valence-corrected chi connectivity index (χ1v) is 8.20. The first-order chi connectivity index (χ1) is 10.2. The number of rotatable bonds is 2. The summed E-state index contributed by atoms with van der Waals surface area (Å²) in [5, 5.41) is 9.24. The lowest BCUT2D eigenvalue weighted by molar-refractivity contribution is 0.972. The van der Waals surface area contributed by atoms with Crippen molar-refractivity contribution >= 4 is 54.5 Å². The highest BCUT2D eigenvalue weighted by Gasteiger charge is 2.17. The number of aromatic nitrogens is 2. The van der Waals surface area contributed by atoms with Crippen LogP contribution in [0.2, 0.25) is 0 Å². The Hall–Kier alpha value is -1.35. The zero-order valence-electron chi connectivity index (χ0n) is 10.6. The molecule has 0 spiro atoms. The second-order valence-electron chi connectivity index (χ2n) is 4.35. The number of fused-ring (bicyclic) bond motifs is 1. The summed E-state index contributed by atoms with van der Waals surface area (Å²) in [4.78, 5) is 4.53. The minimum Gasteiger partial charge on any atom is -0.293 e. The predicted molar refractivity (Wildman–Crippen MR) is 90.7 cm³/mol. The van der Waals surface area contributed by atoms with Crippen LogP contribution >= 0.6 is 43.5 Å². The van der Waals surface area contributed by atoms with E-state index in [0.717, 1.165) is 20.1 Å². The highest BCUT2D eigenvalue weighted by molar-refractivity contribution is 9.11. The highest BCUT2D eigenvalue weighted by atomic mass is 79.9. The molecule has 0 saturated heterocycles. The number of alkyl halides is 1. The van der Waals surface area contributed by atoms with Crippen LogP contribution in [0.15, 0.2) is 45.3 Å². The van der Waals surface area contributed by atoms with Crippen molar-refractivity contribution in [1.29, 1.82) is 5.26 Å². The molecule has 1 heterocycles. The lowest BCUT2D eigenvalue weighted by Gasteiger charge is -2.12. The topological polar surface area (TPSA) is 41.6 Å². The second kappa shape index (κ2) is 5.80. The fourth-order valence-electron chi connectivity index (χ4n) is 2.28. The van der Waals surface area contributed by atoms with Gasteiger partial charge in [-0.15, -0.1) is 11.6 Å². The average molecular weight is 426 g/mol. The third kappa shape index (κ3) is 2.38. The van der Waals surface area contributed by atoms with Crippen molar-refractivity contribution in [1.82, 2.24) is 9.55 Å². The highest BCUT2D eigenvalue weighted by Crippen LogP contribution is 2.34. The summed E-state index contributed by atoms with van der Waals surface area (Å²) < 4.78 is 3.81. The SMILES string of the molecule is N#Cc1cccc2c1nc(CCl)n2-c1c(Br)cccc1Br. The van der Waals surface area contributed by atoms with Gasteiger partial charge in [0.1, 0.15) is 17.4 Å². The van der Waals surface area contributed by atoms with E-state index in [4.69, 9.17) is 11.6 Å². The average Bonchev–Trinajstić information content (AvgIpc) is 2.86. The Kier molecular flexibility index (Phi) is 4.03. The van der Waals surface area contributed by atoms with Crippen LogP contribution < -0.4 is 0 Å². The van der Waals surface area contributed by atoms with Crippen molar-refractivity contribution in [3.05, 3.63) is 56.7 Å². The summed E-state index contributed by atoms with van der Waals surface area (Å²) in [7, 11) is 0. The molecule has 21 heavy (non-hydrogen) atoms. The Morgan fingerprint density at radius 3 is 2.43 bits per heavy atom. The Bertz CT molecular complexity index is 860. The maximum atomic E-state index is 9.24. The van der Waals surface area contributed by atoms with Crippen molar-refractivity contribution in [2.75, 3.05) is 0 Å². The third-order valence-electron chi connectivity index (χ3n) is 3.16. The van der Waals surface area contributed by atoms with Gasteiger partial charge in [-0.05, 0) is 56.1 Å². The van der Waals surface area contributed by atoms with Gasteiger partial charge in [-0.25, -0.2) is 4.98 Å². The largest absolute Gasteiger partial charge is 0.293 e. The second-order valence-corrected chi connectivity index (χ2v) is 6.33. The smallest absolute Gasteiger partial charge is 0.129 e. The van der Waals surface area contributed by atoms with Crippen LogP contribution in [-0.4, -0.2) is 9.55 Å². The number of nitriles is 1. The molecule has 104 valence electrons. The van der Waals surface area contributed by atoms with Gasteiger partial charge in [-0.3, -0.25) is 4.57 Å². The maximum absolute atomic E-state index is 9.24. The number of benzene rings is 2. The standard InChI is InChI=1S/C15H8Br2ClN3/c16-10-4-2-5-11(17)15(10)21-12-6-1-3-9(8-19)14(12)20-13(21)7-18/h1-6H,7H2. The number of para-hydroxylation sites is 2. The van der Waals surface area contributed by atoms with Crippen LogP contribution in [-0.2, 0) is 5.88 Å². The van der Waals surface area contributed by atoms with Crippen LogP contribution in [0.25, 0.3) is 16.7 Å². The fourth-order valence-corrected chi connectivity index (χ4v) is 3.81. The molecule has 6 heteroatoms. The van der Waals surface area contributed by atoms with E-state index in [9.17, 15) is 5.26 Å². The molecule has 3 aromatic rings. The maximum Gasteiger partial charge on any atom is 0.129 e. The van der Waals surface area contributed by atoms with Crippen LogP contribution in [0.5, 0.6) is 0 Å². The Balaban J connectivity index is 2.45. The van der Waals surface area contributed by atoms with Crippen LogP contribution in [0.3, 0.4) is 0 Å². The summed E-state index contributed by atoms with van der Waals surface area (Å²) >= 11 is 13.2. The molecule has 0 aliphatic heterocycles. The van der Waals surface area contributed by atoms with E-state index in [1.807, 2.05) is 34.9 Å². The van der Waals surface area contributed by atoms with Crippen LogP contribution in [0, 0.1) is 11.3 Å². The minimum absolute atomic E-state index is 0.257. The van der Waals surface area contributed by atoms with Gasteiger partial charge in [0.2, 0.25) is 0 Å². The van der Waals surface area contributed by atoms with Crippen molar-refractivity contribution in [2.45, 2.75) is 5.88 Å². The van der Waals surface area contributed by atoms with Gasteiger partial charge < -0.3 is 0 Å². The van der Waals surface area contributed by atoms with E-state index in [1.54, 1.807) is 6.07 Å². The predicted octanol–water partition coefficient (Wildman–Crippen LogP) is 5.16. The molecule has 2 aromatic carbocycles. The first-order valence-electron chi connectivity index (χ1n) is 6.08. The number of halogens is 3. The molecule has 0 amide bonds. The van der Waals surface area contributed by atoms with E-state index in [0.29, 0.717) is 16.9 Å². The summed E-state index contributed by atoms with van der Waals surface area (Å²) in [5.41, 5.74) is 2.99. The molecule has 0 aliphatic carbocycles. The third-order valence-corrected chi connectivity index (χ3v) is 4.67. The van der Waals surface area contributed by atoms with E-state index in [-0.39, 0.29) is 5.88 Å². The number of hydrogen-bond donors (Lipinski definition) is 0. The molecular formula is C15H8Br2ClN3. The molecule has 0 radical (unpaired) electrons. The van der Waals surface area contributed by atoms with Crippen molar-refractivity contribution < 1.29 is 0 Å². The molecule has 0 aliphatic rings. The van der Waals surface area contributed by atoms with Gasteiger partial charge in [0.15, 0.2) is 0 Å².